The van der Waals surface area contributed by atoms with E-state index >= 15 is 0 Å². The minimum Gasteiger partial charge on any atom is -0.341 e. The topological polar surface area (TPSA) is 20.3 Å². The fourth-order valence-corrected chi connectivity index (χ4v) is 2.02. The first kappa shape index (κ1) is 14.7. The van der Waals surface area contributed by atoms with Crippen LogP contribution in [0.25, 0.3) is 0 Å². The molecular formula is C16H25NO. The maximum Gasteiger partial charge on any atom is 0.222 e. The van der Waals surface area contributed by atoms with E-state index in [1.54, 1.807) is 0 Å². The minimum absolute atomic E-state index is 0.260. The van der Waals surface area contributed by atoms with E-state index in [1.807, 2.05) is 30.1 Å². The second-order valence-electron chi connectivity index (χ2n) is 4.90. The van der Waals surface area contributed by atoms with Crippen molar-refractivity contribution in [3.05, 3.63) is 35.9 Å². The summed E-state index contributed by atoms with van der Waals surface area (Å²) in [6, 6.07) is 10.1. The molecule has 0 saturated carbocycles. The van der Waals surface area contributed by atoms with Crippen LogP contribution >= 0.6 is 0 Å². The van der Waals surface area contributed by atoms with Crippen molar-refractivity contribution in [2.45, 2.75) is 52.0 Å². The molecule has 0 heterocycles. The molecule has 100 valence electrons. The number of carbonyl (C=O) groups is 1. The number of amides is 1. The number of carbonyl (C=O) groups excluding carboxylic acids is 1. The Morgan fingerprint density at radius 3 is 2.39 bits per heavy atom. The van der Waals surface area contributed by atoms with Crippen molar-refractivity contribution < 1.29 is 4.79 Å². The highest BCUT2D eigenvalue weighted by atomic mass is 16.2. The van der Waals surface area contributed by atoms with Crippen molar-refractivity contribution in [3.63, 3.8) is 0 Å². The van der Waals surface area contributed by atoms with Gasteiger partial charge in [-0.1, -0.05) is 62.9 Å². The van der Waals surface area contributed by atoms with Crippen LogP contribution in [0, 0.1) is 0 Å². The maximum absolute atomic E-state index is 11.9. The molecule has 0 unspecified atom stereocenters. The highest BCUT2D eigenvalue weighted by molar-refractivity contribution is 5.75. The third-order valence-corrected chi connectivity index (χ3v) is 3.18. The Hall–Kier alpha value is -1.31. The molecule has 2 nitrogen and oxygen atoms in total. The van der Waals surface area contributed by atoms with Crippen LogP contribution in [-0.2, 0) is 11.3 Å². The molecule has 0 radical (unpaired) electrons. The van der Waals surface area contributed by atoms with E-state index in [-0.39, 0.29) is 5.91 Å². The molecule has 2 heteroatoms. The van der Waals surface area contributed by atoms with Crippen LogP contribution in [0.3, 0.4) is 0 Å². The predicted octanol–water partition coefficient (Wildman–Crippen LogP) is 4.01. The van der Waals surface area contributed by atoms with Crippen molar-refractivity contribution >= 4 is 5.91 Å². The zero-order chi connectivity index (χ0) is 13.2. The normalized spacial score (nSPS) is 10.3. The lowest BCUT2D eigenvalue weighted by Gasteiger charge is -2.17. The number of unbranched alkanes of at least 4 members (excludes halogenated alkanes) is 4. The summed E-state index contributed by atoms with van der Waals surface area (Å²) in [5.41, 5.74) is 1.19. The minimum atomic E-state index is 0.260. The van der Waals surface area contributed by atoms with Gasteiger partial charge in [0, 0.05) is 20.0 Å². The Kier molecular flexibility index (Phi) is 7.16. The summed E-state index contributed by atoms with van der Waals surface area (Å²) in [6.07, 6.45) is 6.69. The molecule has 0 atom stereocenters. The Labute approximate surface area is 111 Å². The van der Waals surface area contributed by atoms with Crippen molar-refractivity contribution in [1.82, 2.24) is 4.90 Å². The van der Waals surface area contributed by atoms with E-state index in [1.165, 1.54) is 31.2 Å². The first-order valence-corrected chi connectivity index (χ1v) is 7.02. The van der Waals surface area contributed by atoms with Gasteiger partial charge in [0.05, 0.1) is 0 Å². The van der Waals surface area contributed by atoms with Gasteiger partial charge in [-0.2, -0.15) is 0 Å². The fourth-order valence-electron chi connectivity index (χ4n) is 2.02. The van der Waals surface area contributed by atoms with E-state index in [9.17, 15) is 4.79 Å². The molecule has 0 aliphatic carbocycles. The van der Waals surface area contributed by atoms with Crippen LogP contribution in [0.4, 0.5) is 0 Å². The Morgan fingerprint density at radius 2 is 1.72 bits per heavy atom. The second kappa shape index (κ2) is 8.73. The SMILES string of the molecule is CCCCCCCC(=O)N(C)Cc1ccccc1. The van der Waals surface area contributed by atoms with Gasteiger partial charge in [0.25, 0.3) is 0 Å². The number of benzene rings is 1. The van der Waals surface area contributed by atoms with Gasteiger partial charge in [-0.15, -0.1) is 0 Å². The molecule has 18 heavy (non-hydrogen) atoms. The molecule has 0 fully saturated rings. The Bertz CT molecular complexity index is 334. The van der Waals surface area contributed by atoms with E-state index in [0.717, 1.165) is 6.42 Å². The Morgan fingerprint density at radius 1 is 1.06 bits per heavy atom. The summed E-state index contributed by atoms with van der Waals surface area (Å²) >= 11 is 0. The molecule has 0 spiro atoms. The molecule has 1 aromatic carbocycles. The van der Waals surface area contributed by atoms with E-state index in [0.29, 0.717) is 13.0 Å². The predicted molar refractivity (Wildman–Crippen MR) is 76.3 cm³/mol. The van der Waals surface area contributed by atoms with Crippen LogP contribution in [-0.4, -0.2) is 17.9 Å². The summed E-state index contributed by atoms with van der Waals surface area (Å²) in [7, 11) is 1.89. The largest absolute Gasteiger partial charge is 0.341 e. The number of hydrogen-bond donors (Lipinski definition) is 0. The lowest BCUT2D eigenvalue weighted by atomic mass is 10.1. The van der Waals surface area contributed by atoms with Crippen LogP contribution in [0.2, 0.25) is 0 Å². The molecule has 0 aliphatic heterocycles. The standard InChI is InChI=1S/C16H25NO/c1-3-4-5-6-10-13-16(18)17(2)14-15-11-8-7-9-12-15/h7-9,11-12H,3-6,10,13-14H2,1-2H3. The van der Waals surface area contributed by atoms with Crippen LogP contribution in [0.15, 0.2) is 30.3 Å². The second-order valence-corrected chi connectivity index (χ2v) is 4.90. The summed E-state index contributed by atoms with van der Waals surface area (Å²) in [6.45, 7) is 2.92. The van der Waals surface area contributed by atoms with Gasteiger partial charge >= 0.3 is 0 Å². The molecule has 0 aliphatic rings. The summed E-state index contributed by atoms with van der Waals surface area (Å²) < 4.78 is 0. The molecule has 0 N–H and O–H groups in total. The lowest BCUT2D eigenvalue weighted by molar-refractivity contribution is -0.130. The monoisotopic (exact) mass is 247 g/mol. The number of hydrogen-bond acceptors (Lipinski definition) is 1. The van der Waals surface area contributed by atoms with Gasteiger partial charge in [-0.25, -0.2) is 0 Å². The molecule has 0 bridgehead atoms. The van der Waals surface area contributed by atoms with E-state index in [2.05, 4.69) is 19.1 Å². The van der Waals surface area contributed by atoms with Gasteiger partial charge < -0.3 is 4.90 Å². The van der Waals surface area contributed by atoms with E-state index < -0.39 is 0 Å². The average molecular weight is 247 g/mol. The third kappa shape index (κ3) is 5.85. The van der Waals surface area contributed by atoms with Gasteiger partial charge in [0.1, 0.15) is 0 Å². The first-order valence-electron chi connectivity index (χ1n) is 7.02. The summed E-state index contributed by atoms with van der Waals surface area (Å²) in [5.74, 6) is 0.260. The maximum atomic E-state index is 11.9. The molecule has 1 aromatic rings. The van der Waals surface area contributed by atoms with Crippen LogP contribution in [0.5, 0.6) is 0 Å². The molecule has 0 aromatic heterocycles. The van der Waals surface area contributed by atoms with Crippen molar-refractivity contribution in [2.75, 3.05) is 7.05 Å². The quantitative estimate of drug-likeness (QED) is 0.636. The first-order chi connectivity index (χ1) is 8.74. The van der Waals surface area contributed by atoms with Gasteiger partial charge in [0.2, 0.25) is 5.91 Å². The van der Waals surface area contributed by atoms with Crippen molar-refractivity contribution in [3.8, 4) is 0 Å². The number of nitrogens with zero attached hydrogens (tertiary/aromatic N) is 1. The zero-order valence-electron chi connectivity index (χ0n) is 11.7. The molecule has 0 saturated heterocycles. The third-order valence-electron chi connectivity index (χ3n) is 3.18. The van der Waals surface area contributed by atoms with Gasteiger partial charge in [-0.05, 0) is 12.0 Å². The van der Waals surface area contributed by atoms with E-state index in [4.69, 9.17) is 0 Å². The van der Waals surface area contributed by atoms with Crippen molar-refractivity contribution in [1.29, 1.82) is 0 Å². The van der Waals surface area contributed by atoms with Gasteiger partial charge in [-0.3, -0.25) is 4.79 Å². The van der Waals surface area contributed by atoms with Crippen LogP contribution in [0.1, 0.15) is 51.0 Å². The van der Waals surface area contributed by atoms with Crippen molar-refractivity contribution in [2.24, 2.45) is 0 Å². The smallest absolute Gasteiger partial charge is 0.222 e. The summed E-state index contributed by atoms with van der Waals surface area (Å²) in [5, 5.41) is 0. The van der Waals surface area contributed by atoms with Gasteiger partial charge in [0.15, 0.2) is 0 Å². The molecule has 1 amide bonds. The highest BCUT2D eigenvalue weighted by Gasteiger charge is 2.08. The number of rotatable bonds is 8. The highest BCUT2D eigenvalue weighted by Crippen LogP contribution is 2.08. The van der Waals surface area contributed by atoms with Crippen LogP contribution < -0.4 is 0 Å². The lowest BCUT2D eigenvalue weighted by Crippen LogP contribution is -2.25. The molecule has 1 rings (SSSR count). The molecular weight excluding hydrogens is 222 g/mol. The average Bonchev–Trinajstić information content (AvgIpc) is 2.39. The Balaban J connectivity index is 2.21. The fraction of sp³-hybridized carbons (Fsp3) is 0.562. The summed E-state index contributed by atoms with van der Waals surface area (Å²) in [4.78, 5) is 13.7. The zero-order valence-corrected chi connectivity index (χ0v) is 11.7.